The van der Waals surface area contributed by atoms with Crippen LogP contribution in [-0.4, -0.2) is 9.78 Å². The fourth-order valence-corrected chi connectivity index (χ4v) is 2.29. The molecule has 0 aliphatic rings. The van der Waals surface area contributed by atoms with E-state index in [2.05, 4.69) is 30.2 Å². The summed E-state index contributed by atoms with van der Waals surface area (Å²) in [6.07, 6.45) is 2.89. The number of benzene rings is 2. The number of hydrogen-bond acceptors (Lipinski definition) is 1. The first-order valence-corrected chi connectivity index (χ1v) is 6.45. The fourth-order valence-electron chi connectivity index (χ4n) is 2.29. The predicted molar refractivity (Wildman–Crippen MR) is 74.6 cm³/mol. The van der Waals surface area contributed by atoms with Crippen LogP contribution >= 0.6 is 0 Å². The molecule has 0 fully saturated rings. The summed E-state index contributed by atoms with van der Waals surface area (Å²) in [5.41, 5.74) is 3.31. The summed E-state index contributed by atoms with van der Waals surface area (Å²) in [5.74, 6) is -0.206. The van der Waals surface area contributed by atoms with E-state index in [1.54, 1.807) is 12.1 Å². The second-order valence-electron chi connectivity index (χ2n) is 4.68. The topological polar surface area (TPSA) is 17.8 Å². The van der Waals surface area contributed by atoms with Crippen molar-refractivity contribution in [2.24, 2.45) is 0 Å². The molecule has 0 radical (unpaired) electrons. The minimum Gasteiger partial charge on any atom is -0.260 e. The Labute approximate surface area is 111 Å². The molecule has 1 aromatic heterocycles. The molecule has 3 aromatic rings. The van der Waals surface area contributed by atoms with Crippen LogP contribution in [0.15, 0.2) is 48.7 Å². The molecule has 2 aromatic carbocycles. The van der Waals surface area contributed by atoms with Crippen molar-refractivity contribution in [3.8, 4) is 0 Å². The van der Waals surface area contributed by atoms with Gasteiger partial charge in [0, 0.05) is 5.39 Å². The van der Waals surface area contributed by atoms with Gasteiger partial charge < -0.3 is 0 Å². The van der Waals surface area contributed by atoms with Gasteiger partial charge in [-0.15, -0.1) is 0 Å². The van der Waals surface area contributed by atoms with Crippen LogP contribution in [0.2, 0.25) is 0 Å². The van der Waals surface area contributed by atoms with Gasteiger partial charge in [-0.2, -0.15) is 5.10 Å². The predicted octanol–water partition coefficient (Wildman–Crippen LogP) is 3.79. The largest absolute Gasteiger partial charge is 0.260 e. The maximum absolute atomic E-state index is 13.2. The number of nitrogens with zero attached hydrogens (tertiary/aromatic N) is 2. The van der Waals surface area contributed by atoms with Crippen molar-refractivity contribution < 1.29 is 4.39 Å². The lowest BCUT2D eigenvalue weighted by atomic mass is 10.1. The second kappa shape index (κ2) is 4.84. The van der Waals surface area contributed by atoms with Crippen molar-refractivity contribution in [3.05, 3.63) is 65.6 Å². The van der Waals surface area contributed by atoms with Crippen LogP contribution < -0.4 is 0 Å². The van der Waals surface area contributed by atoms with E-state index < -0.39 is 0 Å². The Bertz CT molecular complexity index is 716. The van der Waals surface area contributed by atoms with Crippen molar-refractivity contribution in [1.82, 2.24) is 9.78 Å². The molecule has 3 heteroatoms. The quantitative estimate of drug-likeness (QED) is 0.695. The minimum absolute atomic E-state index is 0.206. The monoisotopic (exact) mass is 254 g/mol. The first-order chi connectivity index (χ1) is 9.26. The van der Waals surface area contributed by atoms with Crippen molar-refractivity contribution in [1.29, 1.82) is 0 Å². The van der Waals surface area contributed by atoms with Crippen molar-refractivity contribution >= 4 is 10.9 Å². The second-order valence-corrected chi connectivity index (χ2v) is 4.68. The highest BCUT2D eigenvalue weighted by atomic mass is 19.1. The van der Waals surface area contributed by atoms with Gasteiger partial charge in [-0.1, -0.05) is 25.1 Å². The van der Waals surface area contributed by atoms with E-state index in [0.717, 1.165) is 22.9 Å². The number of halogens is 1. The summed E-state index contributed by atoms with van der Waals surface area (Å²) in [5, 5.41) is 5.52. The van der Waals surface area contributed by atoms with Gasteiger partial charge >= 0.3 is 0 Å². The van der Waals surface area contributed by atoms with Crippen LogP contribution in [0, 0.1) is 5.82 Å². The Kier molecular flexibility index (Phi) is 3.03. The SMILES string of the molecule is CCc1ccc2c(cnn2Cc2cccc(F)c2)c1. The Balaban J connectivity index is 1.97. The number of hydrogen-bond donors (Lipinski definition) is 0. The van der Waals surface area contributed by atoms with Gasteiger partial charge in [0.2, 0.25) is 0 Å². The Hall–Kier alpha value is -2.16. The first-order valence-electron chi connectivity index (χ1n) is 6.45. The molecule has 96 valence electrons. The van der Waals surface area contributed by atoms with Crippen LogP contribution in [0.4, 0.5) is 4.39 Å². The molecule has 0 saturated heterocycles. The molecule has 3 rings (SSSR count). The van der Waals surface area contributed by atoms with Crippen LogP contribution in [-0.2, 0) is 13.0 Å². The van der Waals surface area contributed by atoms with Crippen molar-refractivity contribution in [3.63, 3.8) is 0 Å². The van der Waals surface area contributed by atoms with Gasteiger partial charge in [-0.25, -0.2) is 4.39 Å². The van der Waals surface area contributed by atoms with E-state index in [-0.39, 0.29) is 5.82 Å². The van der Waals surface area contributed by atoms with Gasteiger partial charge in [0.25, 0.3) is 0 Å². The van der Waals surface area contributed by atoms with E-state index in [1.807, 2.05) is 16.9 Å². The van der Waals surface area contributed by atoms with Gasteiger partial charge in [0.05, 0.1) is 18.3 Å². The zero-order valence-electron chi connectivity index (χ0n) is 10.8. The number of aryl methyl sites for hydroxylation is 1. The third-order valence-corrected chi connectivity index (χ3v) is 3.34. The molecule has 0 spiro atoms. The lowest BCUT2D eigenvalue weighted by molar-refractivity contribution is 0.621. The summed E-state index contributed by atoms with van der Waals surface area (Å²) >= 11 is 0. The van der Waals surface area contributed by atoms with Crippen LogP contribution in [0.5, 0.6) is 0 Å². The summed E-state index contributed by atoms with van der Waals surface area (Å²) < 4.78 is 15.1. The first kappa shape index (κ1) is 11.9. The normalized spacial score (nSPS) is 11.1. The van der Waals surface area contributed by atoms with Crippen molar-refractivity contribution in [2.75, 3.05) is 0 Å². The molecule has 0 aliphatic carbocycles. The Morgan fingerprint density at radius 3 is 2.79 bits per heavy atom. The molecule has 0 aliphatic heterocycles. The smallest absolute Gasteiger partial charge is 0.123 e. The third kappa shape index (κ3) is 2.36. The van der Waals surface area contributed by atoms with E-state index >= 15 is 0 Å². The minimum atomic E-state index is -0.206. The number of rotatable bonds is 3. The third-order valence-electron chi connectivity index (χ3n) is 3.34. The molecule has 19 heavy (non-hydrogen) atoms. The molecular weight excluding hydrogens is 239 g/mol. The summed E-state index contributed by atoms with van der Waals surface area (Å²) in [6, 6.07) is 13.0. The molecule has 1 heterocycles. The molecule has 0 N–H and O–H groups in total. The van der Waals surface area contributed by atoms with Gasteiger partial charge in [0.1, 0.15) is 5.82 Å². The Morgan fingerprint density at radius 1 is 1.11 bits per heavy atom. The lowest BCUT2D eigenvalue weighted by Gasteiger charge is -2.04. The van der Waals surface area contributed by atoms with E-state index in [0.29, 0.717) is 6.54 Å². The molecule has 0 bridgehead atoms. The van der Waals surface area contributed by atoms with E-state index in [1.165, 1.54) is 11.6 Å². The molecule has 0 amide bonds. The van der Waals surface area contributed by atoms with Gasteiger partial charge in [-0.05, 0) is 41.8 Å². The highest BCUT2D eigenvalue weighted by Gasteiger charge is 2.04. The molecule has 2 nitrogen and oxygen atoms in total. The van der Waals surface area contributed by atoms with Crippen LogP contribution in [0.3, 0.4) is 0 Å². The zero-order chi connectivity index (χ0) is 13.2. The fraction of sp³-hybridized carbons (Fsp3) is 0.188. The molecule has 0 saturated carbocycles. The molecule has 0 unspecified atom stereocenters. The van der Waals surface area contributed by atoms with Gasteiger partial charge in [-0.3, -0.25) is 4.68 Å². The maximum atomic E-state index is 13.2. The molecule has 0 atom stereocenters. The summed E-state index contributed by atoms with van der Waals surface area (Å²) in [7, 11) is 0. The van der Waals surface area contributed by atoms with Crippen LogP contribution in [0.1, 0.15) is 18.1 Å². The zero-order valence-corrected chi connectivity index (χ0v) is 10.8. The Morgan fingerprint density at radius 2 is 2.00 bits per heavy atom. The highest BCUT2D eigenvalue weighted by molar-refractivity contribution is 5.79. The van der Waals surface area contributed by atoms with Gasteiger partial charge in [0.15, 0.2) is 0 Å². The van der Waals surface area contributed by atoms with Crippen molar-refractivity contribution in [2.45, 2.75) is 19.9 Å². The molecular formula is C16H15FN2. The van der Waals surface area contributed by atoms with Crippen LogP contribution in [0.25, 0.3) is 10.9 Å². The summed E-state index contributed by atoms with van der Waals surface area (Å²) in [6.45, 7) is 2.73. The average molecular weight is 254 g/mol. The average Bonchev–Trinajstić information content (AvgIpc) is 2.81. The standard InChI is InChI=1S/C16H15FN2/c1-2-12-6-7-16-14(8-12)10-18-19(16)11-13-4-3-5-15(17)9-13/h3-10H,2,11H2,1H3. The van der Waals surface area contributed by atoms with E-state index in [4.69, 9.17) is 0 Å². The lowest BCUT2D eigenvalue weighted by Crippen LogP contribution is -2.01. The van der Waals surface area contributed by atoms with E-state index in [9.17, 15) is 4.39 Å². The highest BCUT2D eigenvalue weighted by Crippen LogP contribution is 2.17. The maximum Gasteiger partial charge on any atom is 0.123 e. The number of aromatic nitrogens is 2. The number of fused-ring (bicyclic) bond motifs is 1. The summed E-state index contributed by atoms with van der Waals surface area (Å²) in [4.78, 5) is 0.